The van der Waals surface area contributed by atoms with Crippen LogP contribution in [0.4, 0.5) is 0 Å². The monoisotopic (exact) mass is 210 g/mol. The van der Waals surface area contributed by atoms with Crippen LogP contribution in [0.15, 0.2) is 17.2 Å². The predicted octanol–water partition coefficient (Wildman–Crippen LogP) is 2.74. The van der Waals surface area contributed by atoms with Gasteiger partial charge >= 0.3 is 0 Å². The van der Waals surface area contributed by atoms with Crippen molar-refractivity contribution in [3.8, 4) is 0 Å². The summed E-state index contributed by atoms with van der Waals surface area (Å²) in [5.41, 5.74) is 7.89. The Hall–Kier alpha value is -0.540. The Kier molecular flexibility index (Phi) is 4.98. The largest absolute Gasteiger partial charge is 0.326 e. The highest BCUT2D eigenvalue weighted by molar-refractivity contribution is 7.99. The fourth-order valence-electron chi connectivity index (χ4n) is 1.16. The first-order valence-electron chi connectivity index (χ1n) is 5.07. The van der Waals surface area contributed by atoms with E-state index in [4.69, 9.17) is 5.73 Å². The molecule has 0 aliphatic rings. The quantitative estimate of drug-likeness (QED) is 0.600. The predicted molar refractivity (Wildman–Crippen MR) is 62.5 cm³/mol. The zero-order valence-electron chi connectivity index (χ0n) is 8.92. The van der Waals surface area contributed by atoms with E-state index in [1.165, 1.54) is 12.8 Å². The second-order valence-corrected chi connectivity index (χ2v) is 4.41. The van der Waals surface area contributed by atoms with Gasteiger partial charge < -0.3 is 5.73 Å². The van der Waals surface area contributed by atoms with Gasteiger partial charge in [-0.3, -0.25) is 0 Å². The summed E-state index contributed by atoms with van der Waals surface area (Å²) in [6, 6.07) is 4.10. The second kappa shape index (κ2) is 6.04. The molecule has 1 aromatic rings. The summed E-state index contributed by atoms with van der Waals surface area (Å²) in [5, 5.41) is 1.11. The molecule has 2 N–H and O–H groups in total. The molecule has 78 valence electrons. The van der Waals surface area contributed by atoms with Gasteiger partial charge in [-0.15, -0.1) is 11.8 Å². The van der Waals surface area contributed by atoms with Crippen LogP contribution in [0.1, 0.15) is 31.0 Å². The van der Waals surface area contributed by atoms with Crippen LogP contribution in [0, 0.1) is 6.92 Å². The third-order valence-electron chi connectivity index (χ3n) is 2.03. The Morgan fingerprint density at radius 3 is 2.86 bits per heavy atom. The molecule has 3 heteroatoms. The summed E-state index contributed by atoms with van der Waals surface area (Å²) in [7, 11) is 0. The Bertz CT molecular complexity index is 287. The molecule has 0 fully saturated rings. The van der Waals surface area contributed by atoms with E-state index in [1.54, 1.807) is 0 Å². The number of rotatable bonds is 5. The zero-order valence-corrected chi connectivity index (χ0v) is 9.73. The minimum atomic E-state index is 0.585. The van der Waals surface area contributed by atoms with E-state index < -0.39 is 0 Å². The van der Waals surface area contributed by atoms with Crippen LogP contribution < -0.4 is 5.73 Å². The maximum Gasteiger partial charge on any atom is 0.101 e. The fraction of sp³-hybridized carbons (Fsp3) is 0.545. The van der Waals surface area contributed by atoms with Crippen molar-refractivity contribution in [2.75, 3.05) is 5.75 Å². The molecule has 0 atom stereocenters. The van der Waals surface area contributed by atoms with E-state index >= 15 is 0 Å². The lowest BCUT2D eigenvalue weighted by atomic mass is 10.2. The SMILES string of the molecule is CCCCSc1nc(C)ccc1CN. The lowest BCUT2D eigenvalue weighted by Crippen LogP contribution is -2.01. The number of aromatic nitrogens is 1. The summed E-state index contributed by atoms with van der Waals surface area (Å²) >= 11 is 1.82. The number of aryl methyl sites for hydroxylation is 1. The molecule has 0 saturated carbocycles. The molecule has 0 aliphatic heterocycles. The van der Waals surface area contributed by atoms with E-state index in [0.29, 0.717) is 6.54 Å². The van der Waals surface area contributed by atoms with E-state index in [2.05, 4.69) is 18.0 Å². The van der Waals surface area contributed by atoms with Crippen LogP contribution in [0.25, 0.3) is 0 Å². The summed E-state index contributed by atoms with van der Waals surface area (Å²) in [4.78, 5) is 4.50. The molecule has 1 rings (SSSR count). The average molecular weight is 210 g/mol. The van der Waals surface area contributed by atoms with Gasteiger partial charge in [-0.05, 0) is 30.7 Å². The summed E-state index contributed by atoms with van der Waals surface area (Å²) in [6.07, 6.45) is 2.47. The minimum absolute atomic E-state index is 0.585. The maximum absolute atomic E-state index is 5.65. The summed E-state index contributed by atoms with van der Waals surface area (Å²) < 4.78 is 0. The minimum Gasteiger partial charge on any atom is -0.326 e. The number of hydrogen-bond donors (Lipinski definition) is 1. The van der Waals surface area contributed by atoms with Crippen molar-refractivity contribution >= 4 is 11.8 Å². The van der Waals surface area contributed by atoms with Gasteiger partial charge in [0.15, 0.2) is 0 Å². The van der Waals surface area contributed by atoms with Crippen molar-refractivity contribution in [3.05, 3.63) is 23.4 Å². The Balaban J connectivity index is 2.67. The van der Waals surface area contributed by atoms with Crippen molar-refractivity contribution < 1.29 is 0 Å². The highest BCUT2D eigenvalue weighted by Crippen LogP contribution is 2.21. The molecule has 2 nitrogen and oxygen atoms in total. The van der Waals surface area contributed by atoms with Gasteiger partial charge in [-0.1, -0.05) is 19.4 Å². The fourth-order valence-corrected chi connectivity index (χ4v) is 2.33. The molecular weight excluding hydrogens is 192 g/mol. The number of pyridine rings is 1. The number of nitrogens with two attached hydrogens (primary N) is 1. The first-order valence-corrected chi connectivity index (χ1v) is 6.06. The van der Waals surface area contributed by atoms with Gasteiger partial charge in [0.05, 0.1) is 0 Å². The lowest BCUT2D eigenvalue weighted by Gasteiger charge is -2.06. The molecule has 0 saturated heterocycles. The van der Waals surface area contributed by atoms with Crippen molar-refractivity contribution in [2.45, 2.75) is 38.3 Å². The topological polar surface area (TPSA) is 38.9 Å². The average Bonchev–Trinajstić information content (AvgIpc) is 2.19. The molecule has 0 radical (unpaired) electrons. The van der Waals surface area contributed by atoms with Crippen LogP contribution >= 0.6 is 11.8 Å². The van der Waals surface area contributed by atoms with Crippen molar-refractivity contribution in [1.82, 2.24) is 4.98 Å². The molecule has 0 amide bonds. The Morgan fingerprint density at radius 1 is 1.43 bits per heavy atom. The maximum atomic E-state index is 5.65. The third kappa shape index (κ3) is 3.31. The molecule has 0 unspecified atom stereocenters. The summed E-state index contributed by atoms with van der Waals surface area (Å²) in [6.45, 7) is 4.81. The van der Waals surface area contributed by atoms with Gasteiger partial charge in [0.1, 0.15) is 5.03 Å². The van der Waals surface area contributed by atoms with Gasteiger partial charge in [-0.25, -0.2) is 4.98 Å². The first kappa shape index (κ1) is 11.5. The van der Waals surface area contributed by atoms with Crippen molar-refractivity contribution in [3.63, 3.8) is 0 Å². The first-order chi connectivity index (χ1) is 6.77. The molecule has 0 spiro atoms. The number of hydrogen-bond acceptors (Lipinski definition) is 3. The number of nitrogens with zero attached hydrogens (tertiary/aromatic N) is 1. The third-order valence-corrected chi connectivity index (χ3v) is 3.15. The van der Waals surface area contributed by atoms with Crippen LogP contribution in [0.3, 0.4) is 0 Å². The van der Waals surface area contributed by atoms with Gasteiger partial charge in [0.25, 0.3) is 0 Å². The molecule has 14 heavy (non-hydrogen) atoms. The van der Waals surface area contributed by atoms with Gasteiger partial charge in [0.2, 0.25) is 0 Å². The van der Waals surface area contributed by atoms with Gasteiger partial charge in [-0.2, -0.15) is 0 Å². The smallest absolute Gasteiger partial charge is 0.101 e. The standard InChI is InChI=1S/C11H18N2S/c1-3-4-7-14-11-10(8-12)6-5-9(2)13-11/h5-6H,3-4,7-8,12H2,1-2H3. The van der Waals surface area contributed by atoms with E-state index in [1.807, 2.05) is 24.8 Å². The van der Waals surface area contributed by atoms with Crippen LogP contribution in [-0.2, 0) is 6.54 Å². The highest BCUT2D eigenvalue weighted by atomic mass is 32.2. The normalized spacial score (nSPS) is 10.5. The Morgan fingerprint density at radius 2 is 2.21 bits per heavy atom. The molecule has 1 heterocycles. The van der Waals surface area contributed by atoms with E-state index in [9.17, 15) is 0 Å². The molecule has 0 bridgehead atoms. The molecule has 0 aliphatic carbocycles. The van der Waals surface area contributed by atoms with Crippen molar-refractivity contribution in [2.24, 2.45) is 5.73 Å². The van der Waals surface area contributed by atoms with E-state index in [0.717, 1.165) is 22.0 Å². The number of unbranched alkanes of at least 4 members (excludes halogenated alkanes) is 1. The number of thioether (sulfide) groups is 1. The molecule has 1 aromatic heterocycles. The van der Waals surface area contributed by atoms with E-state index in [-0.39, 0.29) is 0 Å². The highest BCUT2D eigenvalue weighted by Gasteiger charge is 2.03. The van der Waals surface area contributed by atoms with Crippen LogP contribution in [0.5, 0.6) is 0 Å². The van der Waals surface area contributed by atoms with Crippen LogP contribution in [0.2, 0.25) is 0 Å². The van der Waals surface area contributed by atoms with Crippen LogP contribution in [-0.4, -0.2) is 10.7 Å². The van der Waals surface area contributed by atoms with Gasteiger partial charge in [0, 0.05) is 12.2 Å². The molecular formula is C11H18N2S. The second-order valence-electron chi connectivity index (χ2n) is 3.32. The molecule has 0 aromatic carbocycles. The lowest BCUT2D eigenvalue weighted by molar-refractivity contribution is 0.888. The zero-order chi connectivity index (χ0) is 10.4. The van der Waals surface area contributed by atoms with Crippen molar-refractivity contribution in [1.29, 1.82) is 0 Å². The Labute approximate surface area is 90.3 Å². The summed E-state index contributed by atoms with van der Waals surface area (Å²) in [5.74, 6) is 1.14.